The Morgan fingerprint density at radius 2 is 1.70 bits per heavy atom. The number of benzene rings is 1. The number of nitrogens with zero attached hydrogens (tertiary/aromatic N) is 2. The van der Waals surface area contributed by atoms with Crippen LogP contribution in [0.4, 0.5) is 0 Å². The fourth-order valence-electron chi connectivity index (χ4n) is 4.69. The van der Waals surface area contributed by atoms with Crippen LogP contribution >= 0.6 is 0 Å². The first-order valence-electron chi connectivity index (χ1n) is 9.76. The van der Waals surface area contributed by atoms with E-state index >= 15 is 0 Å². The first-order valence-corrected chi connectivity index (χ1v) is 9.76. The van der Waals surface area contributed by atoms with Crippen molar-refractivity contribution in [2.75, 3.05) is 6.54 Å². The van der Waals surface area contributed by atoms with Crippen molar-refractivity contribution < 1.29 is 19.2 Å². The van der Waals surface area contributed by atoms with Crippen molar-refractivity contribution in [1.29, 1.82) is 0 Å². The van der Waals surface area contributed by atoms with Gasteiger partial charge in [0.1, 0.15) is 12.2 Å². The lowest BCUT2D eigenvalue weighted by Gasteiger charge is -2.16. The highest BCUT2D eigenvalue weighted by Crippen LogP contribution is 2.52. The normalized spacial score (nSPS) is 26.2. The second-order valence-corrected chi connectivity index (χ2v) is 7.80. The molecule has 5 rings (SSSR count). The third-order valence-corrected chi connectivity index (χ3v) is 6.07. The number of hydrogen-bond acceptors (Lipinski definition) is 5. The molecular formula is C21H19N5O4. The van der Waals surface area contributed by atoms with Gasteiger partial charge in [-0.2, -0.15) is 5.10 Å². The van der Waals surface area contributed by atoms with Crippen molar-refractivity contribution in [3.05, 3.63) is 54.2 Å². The minimum atomic E-state index is -0.645. The third kappa shape index (κ3) is 2.90. The highest BCUT2D eigenvalue weighted by atomic mass is 16.2. The maximum atomic E-state index is 12.6. The number of carbonyl (C=O) groups is 4. The number of rotatable bonds is 4. The molecule has 2 aromatic rings. The van der Waals surface area contributed by atoms with Crippen molar-refractivity contribution in [2.24, 2.45) is 23.7 Å². The summed E-state index contributed by atoms with van der Waals surface area (Å²) in [4.78, 5) is 50.7. The zero-order chi connectivity index (χ0) is 20.8. The highest BCUT2D eigenvalue weighted by Gasteiger charge is 2.59. The fourth-order valence-corrected chi connectivity index (χ4v) is 4.69. The molecule has 0 spiro atoms. The molecule has 2 fully saturated rings. The molecule has 1 aromatic carbocycles. The molecule has 9 heteroatoms. The van der Waals surface area contributed by atoms with Crippen LogP contribution in [0.1, 0.15) is 16.9 Å². The van der Waals surface area contributed by atoms with Crippen LogP contribution in [0.3, 0.4) is 0 Å². The predicted molar refractivity (Wildman–Crippen MR) is 104 cm³/mol. The van der Waals surface area contributed by atoms with E-state index in [1.54, 1.807) is 6.07 Å². The van der Waals surface area contributed by atoms with Gasteiger partial charge in [-0.25, -0.2) is 0 Å². The Hall–Kier alpha value is -3.75. The Morgan fingerprint density at radius 1 is 1.03 bits per heavy atom. The van der Waals surface area contributed by atoms with Crippen molar-refractivity contribution in [3.8, 4) is 11.3 Å². The predicted octanol–water partition coefficient (Wildman–Crippen LogP) is 0.645. The smallest absolute Gasteiger partial charge is 0.274 e. The number of carbonyl (C=O) groups excluding carboxylic acids is 4. The van der Waals surface area contributed by atoms with Crippen LogP contribution in [-0.4, -0.2) is 45.3 Å². The summed E-state index contributed by atoms with van der Waals surface area (Å²) in [6.45, 7) is -0.414. The quantitative estimate of drug-likeness (QED) is 0.391. The topological polar surface area (TPSA) is 124 Å². The summed E-state index contributed by atoms with van der Waals surface area (Å²) in [5, 5.41) is 6.71. The van der Waals surface area contributed by atoms with Gasteiger partial charge in [-0.05, 0) is 24.3 Å². The van der Waals surface area contributed by atoms with Gasteiger partial charge in [-0.3, -0.25) is 40.0 Å². The summed E-state index contributed by atoms with van der Waals surface area (Å²) in [5.74, 6) is -2.36. The minimum Gasteiger partial charge on any atom is -0.274 e. The zero-order valence-electron chi connectivity index (χ0n) is 15.9. The van der Waals surface area contributed by atoms with Gasteiger partial charge in [0.15, 0.2) is 0 Å². The van der Waals surface area contributed by atoms with E-state index in [9.17, 15) is 19.2 Å². The molecule has 152 valence electrons. The minimum absolute atomic E-state index is 0.0865. The number of hydrazine groups is 1. The number of nitrogens with one attached hydrogen (secondary N) is 3. The van der Waals surface area contributed by atoms with Gasteiger partial charge in [-0.1, -0.05) is 42.5 Å². The van der Waals surface area contributed by atoms with Crippen LogP contribution in [0.2, 0.25) is 0 Å². The van der Waals surface area contributed by atoms with Gasteiger partial charge < -0.3 is 0 Å². The molecule has 4 amide bonds. The number of likely N-dealkylation sites (tertiary alicyclic amines) is 1. The monoisotopic (exact) mass is 405 g/mol. The van der Waals surface area contributed by atoms with Gasteiger partial charge in [0.2, 0.25) is 11.8 Å². The van der Waals surface area contributed by atoms with Crippen LogP contribution in [-0.2, 0) is 14.4 Å². The molecule has 2 bridgehead atoms. The number of fused-ring (bicyclic) bond motifs is 5. The second-order valence-electron chi connectivity index (χ2n) is 7.80. The van der Waals surface area contributed by atoms with E-state index in [0.717, 1.165) is 16.9 Å². The molecule has 1 saturated heterocycles. The summed E-state index contributed by atoms with van der Waals surface area (Å²) in [7, 11) is 0. The van der Waals surface area contributed by atoms with Gasteiger partial charge in [0, 0.05) is 5.56 Å². The molecule has 3 aliphatic rings. The summed E-state index contributed by atoms with van der Waals surface area (Å²) in [6.07, 6.45) is 4.82. The number of aromatic amines is 1. The van der Waals surface area contributed by atoms with E-state index in [1.165, 1.54) is 0 Å². The van der Waals surface area contributed by atoms with Crippen molar-refractivity contribution in [3.63, 3.8) is 0 Å². The molecule has 1 saturated carbocycles. The summed E-state index contributed by atoms with van der Waals surface area (Å²) in [6, 6.07) is 10.9. The van der Waals surface area contributed by atoms with E-state index in [1.807, 2.05) is 42.5 Å². The van der Waals surface area contributed by atoms with Crippen LogP contribution < -0.4 is 10.9 Å². The standard InChI is InChI=1S/C21H19N5O4/c27-16(10-26-20(29)17-12-6-7-13(8-12)18(17)21(26)30)24-25-19(28)15-9-14(22-23-15)11-4-2-1-3-5-11/h1-7,9,12-13,17-18H,8,10H2,(H,22,23)(H,24,27)(H,25,28)/t12-,13-,17-,18+/m0/s1. The van der Waals surface area contributed by atoms with E-state index < -0.39 is 18.4 Å². The number of H-pyrrole nitrogens is 1. The maximum Gasteiger partial charge on any atom is 0.287 e. The SMILES string of the molecule is O=C(CN1C(=O)[C@@H]2[C@H](C1=O)[C@H]1C=C[C@H]2C1)NNC(=O)c1cc(-c2ccccc2)n[nH]1. The van der Waals surface area contributed by atoms with Crippen molar-refractivity contribution in [2.45, 2.75) is 6.42 Å². The van der Waals surface area contributed by atoms with E-state index in [4.69, 9.17) is 0 Å². The largest absolute Gasteiger partial charge is 0.287 e. The summed E-state index contributed by atoms with van der Waals surface area (Å²) >= 11 is 0. The number of imide groups is 1. The maximum absolute atomic E-state index is 12.6. The molecule has 30 heavy (non-hydrogen) atoms. The van der Waals surface area contributed by atoms with Crippen LogP contribution in [0.15, 0.2) is 48.6 Å². The van der Waals surface area contributed by atoms with Crippen molar-refractivity contribution >= 4 is 23.6 Å². The molecule has 0 unspecified atom stereocenters. The molecular weight excluding hydrogens is 386 g/mol. The molecule has 0 radical (unpaired) electrons. The van der Waals surface area contributed by atoms with Gasteiger partial charge in [0.05, 0.1) is 17.5 Å². The first kappa shape index (κ1) is 18.3. The molecule has 1 aliphatic heterocycles. The molecule has 2 heterocycles. The second kappa shape index (κ2) is 6.94. The molecule has 4 atom stereocenters. The zero-order valence-corrected chi connectivity index (χ0v) is 15.9. The third-order valence-electron chi connectivity index (χ3n) is 6.07. The Balaban J connectivity index is 1.17. The molecule has 9 nitrogen and oxygen atoms in total. The van der Waals surface area contributed by atoms with Gasteiger partial charge >= 0.3 is 0 Å². The lowest BCUT2D eigenvalue weighted by atomic mass is 9.85. The average molecular weight is 405 g/mol. The number of aromatic nitrogens is 2. The average Bonchev–Trinajstić information content (AvgIpc) is 3.54. The molecule has 1 aromatic heterocycles. The van der Waals surface area contributed by atoms with Crippen LogP contribution in [0, 0.1) is 23.7 Å². The van der Waals surface area contributed by atoms with Crippen LogP contribution in [0.25, 0.3) is 11.3 Å². The molecule has 3 N–H and O–H groups in total. The van der Waals surface area contributed by atoms with E-state index in [-0.39, 0.29) is 41.2 Å². The Morgan fingerprint density at radius 3 is 2.37 bits per heavy atom. The lowest BCUT2D eigenvalue weighted by Crippen LogP contribution is -2.48. The Labute approximate surface area is 171 Å². The Bertz CT molecular complexity index is 1050. The van der Waals surface area contributed by atoms with Crippen molar-refractivity contribution in [1.82, 2.24) is 25.9 Å². The summed E-state index contributed by atoms with van der Waals surface area (Å²) in [5.41, 5.74) is 6.13. The Kier molecular flexibility index (Phi) is 4.23. The number of allylic oxidation sites excluding steroid dienone is 2. The van der Waals surface area contributed by atoms with Crippen LogP contribution in [0.5, 0.6) is 0 Å². The van der Waals surface area contributed by atoms with E-state index in [2.05, 4.69) is 21.0 Å². The highest BCUT2D eigenvalue weighted by molar-refractivity contribution is 6.08. The number of amides is 4. The summed E-state index contributed by atoms with van der Waals surface area (Å²) < 4.78 is 0. The van der Waals surface area contributed by atoms with Gasteiger partial charge in [0.25, 0.3) is 11.8 Å². The van der Waals surface area contributed by atoms with E-state index in [0.29, 0.717) is 5.69 Å². The number of hydrogen-bond donors (Lipinski definition) is 3. The fraction of sp³-hybridized carbons (Fsp3) is 0.286. The van der Waals surface area contributed by atoms with Gasteiger partial charge in [-0.15, -0.1) is 0 Å². The first-order chi connectivity index (χ1) is 14.5. The molecule has 2 aliphatic carbocycles. The lowest BCUT2D eigenvalue weighted by molar-refractivity contribution is -0.144.